The molecule has 0 heterocycles. The molecular weight excluding hydrogens is 330 g/mol. The van der Waals surface area contributed by atoms with E-state index in [1.807, 2.05) is 42.5 Å². The van der Waals surface area contributed by atoms with Crippen LogP contribution in [0.3, 0.4) is 0 Å². The molecule has 0 saturated heterocycles. The van der Waals surface area contributed by atoms with Gasteiger partial charge >= 0.3 is 0 Å². The first-order valence-electron chi connectivity index (χ1n) is 8.89. The zero-order chi connectivity index (χ0) is 17.9. The van der Waals surface area contributed by atoms with Crippen LogP contribution < -0.4 is 0 Å². The molecule has 1 aliphatic carbocycles. The van der Waals surface area contributed by atoms with Crippen molar-refractivity contribution < 1.29 is 5.11 Å². The zero-order valence-electron chi connectivity index (χ0n) is 15.0. The molecule has 1 N–H and O–H groups in total. The number of aliphatic hydroxyl groups is 1. The maximum atomic E-state index is 11.9. The van der Waals surface area contributed by atoms with Crippen molar-refractivity contribution in [1.29, 1.82) is 0 Å². The molecule has 3 heteroatoms. The van der Waals surface area contributed by atoms with Crippen molar-refractivity contribution in [3.63, 3.8) is 0 Å². The normalized spacial score (nSPS) is 25.5. The van der Waals surface area contributed by atoms with Crippen LogP contribution in [0.25, 0.3) is 6.08 Å². The lowest BCUT2D eigenvalue weighted by Gasteiger charge is -2.44. The number of halogens is 1. The van der Waals surface area contributed by atoms with E-state index >= 15 is 0 Å². The molecule has 25 heavy (non-hydrogen) atoms. The topological polar surface area (TPSA) is 23.5 Å². The van der Waals surface area contributed by atoms with Gasteiger partial charge in [0.25, 0.3) is 0 Å². The summed E-state index contributed by atoms with van der Waals surface area (Å²) >= 11 is 6.08. The number of nitrogens with zero attached hydrogens (tertiary/aromatic N) is 1. The maximum absolute atomic E-state index is 11.9. The Hall–Kier alpha value is -1.61. The second kappa shape index (κ2) is 7.74. The van der Waals surface area contributed by atoms with Crippen LogP contribution in [0.4, 0.5) is 0 Å². The van der Waals surface area contributed by atoms with E-state index < -0.39 is 5.60 Å². The molecule has 0 bridgehead atoms. The van der Waals surface area contributed by atoms with E-state index in [2.05, 4.69) is 37.2 Å². The molecule has 0 radical (unpaired) electrons. The molecule has 2 aromatic rings. The zero-order valence-corrected chi connectivity index (χ0v) is 15.7. The number of rotatable bonds is 4. The van der Waals surface area contributed by atoms with Gasteiger partial charge in [0.2, 0.25) is 0 Å². The van der Waals surface area contributed by atoms with E-state index in [-0.39, 0.29) is 5.92 Å². The van der Waals surface area contributed by atoms with Gasteiger partial charge in [-0.1, -0.05) is 60.1 Å². The molecule has 132 valence electrons. The third-order valence-electron chi connectivity index (χ3n) is 5.09. The summed E-state index contributed by atoms with van der Waals surface area (Å²) in [6, 6.07) is 17.9. The highest BCUT2D eigenvalue weighted by Crippen LogP contribution is 2.46. The van der Waals surface area contributed by atoms with E-state index in [4.69, 9.17) is 11.6 Å². The second-order valence-corrected chi connectivity index (χ2v) is 7.64. The molecule has 3 rings (SSSR count). The molecule has 0 aliphatic heterocycles. The highest BCUT2D eigenvalue weighted by Gasteiger charge is 2.44. The Bertz CT molecular complexity index is 723. The van der Waals surface area contributed by atoms with Gasteiger partial charge in [-0.15, -0.1) is 0 Å². The fourth-order valence-corrected chi connectivity index (χ4v) is 4.05. The predicted molar refractivity (Wildman–Crippen MR) is 106 cm³/mol. The van der Waals surface area contributed by atoms with Crippen LogP contribution in [0.2, 0.25) is 5.02 Å². The summed E-state index contributed by atoms with van der Waals surface area (Å²) in [6.07, 6.45) is 5.20. The Kier molecular flexibility index (Phi) is 5.63. The van der Waals surface area contributed by atoms with Crippen LogP contribution in [0.1, 0.15) is 30.4 Å². The smallest absolute Gasteiger partial charge is 0.115 e. The van der Waals surface area contributed by atoms with Crippen molar-refractivity contribution in [2.24, 2.45) is 5.92 Å². The average Bonchev–Trinajstić information content (AvgIpc) is 2.60. The van der Waals surface area contributed by atoms with E-state index in [0.29, 0.717) is 5.02 Å². The molecule has 2 nitrogen and oxygen atoms in total. The predicted octanol–water partition coefficient (Wildman–Crippen LogP) is 4.97. The molecule has 0 amide bonds. The lowest BCUT2D eigenvalue weighted by Crippen LogP contribution is -2.44. The Morgan fingerprint density at radius 3 is 2.44 bits per heavy atom. The van der Waals surface area contributed by atoms with Gasteiger partial charge in [-0.25, -0.2) is 0 Å². The van der Waals surface area contributed by atoms with Gasteiger partial charge < -0.3 is 10.0 Å². The molecule has 2 atom stereocenters. The van der Waals surface area contributed by atoms with E-state index in [9.17, 15) is 5.11 Å². The first-order chi connectivity index (χ1) is 12.0. The number of hydrogen-bond donors (Lipinski definition) is 1. The summed E-state index contributed by atoms with van der Waals surface area (Å²) in [5.74, 6) is 0.160. The van der Waals surface area contributed by atoms with Crippen LogP contribution in [-0.4, -0.2) is 30.6 Å². The molecular formula is C22H26ClNO. The minimum atomic E-state index is -0.955. The van der Waals surface area contributed by atoms with Crippen molar-refractivity contribution in [2.45, 2.75) is 24.9 Å². The third kappa shape index (κ3) is 3.98. The second-order valence-electron chi connectivity index (χ2n) is 7.20. The first kappa shape index (κ1) is 18.2. The fraction of sp³-hybridized carbons (Fsp3) is 0.364. The van der Waals surface area contributed by atoms with Crippen molar-refractivity contribution >= 4 is 17.7 Å². The summed E-state index contributed by atoms with van der Waals surface area (Å²) < 4.78 is 0. The van der Waals surface area contributed by atoms with Gasteiger partial charge in [0, 0.05) is 17.5 Å². The quantitative estimate of drug-likeness (QED) is 0.836. The highest BCUT2D eigenvalue weighted by atomic mass is 35.5. The van der Waals surface area contributed by atoms with Crippen LogP contribution in [0, 0.1) is 5.92 Å². The molecule has 0 spiro atoms. The van der Waals surface area contributed by atoms with Crippen molar-refractivity contribution in [3.8, 4) is 0 Å². The van der Waals surface area contributed by atoms with Gasteiger partial charge in [0.1, 0.15) is 5.60 Å². The standard InChI is InChI=1S/C22H26ClNO/c1-24(2)16-20-10-6-9-19(15-17-7-4-3-5-8-17)22(20,25)18-11-13-21(23)14-12-18/h3-5,7-8,11-15,20,25H,6,9-10,16H2,1-2H3/b19-15-. The summed E-state index contributed by atoms with van der Waals surface area (Å²) in [6.45, 7) is 0.852. The molecule has 1 saturated carbocycles. The molecule has 0 aromatic heterocycles. The minimum Gasteiger partial charge on any atom is -0.380 e. The first-order valence-corrected chi connectivity index (χ1v) is 9.27. The van der Waals surface area contributed by atoms with Gasteiger partial charge in [-0.3, -0.25) is 0 Å². The van der Waals surface area contributed by atoms with Crippen molar-refractivity contribution in [2.75, 3.05) is 20.6 Å². The van der Waals surface area contributed by atoms with E-state index in [1.165, 1.54) is 0 Å². The molecule has 1 fully saturated rings. The maximum Gasteiger partial charge on any atom is 0.115 e. The Morgan fingerprint density at radius 2 is 1.80 bits per heavy atom. The lowest BCUT2D eigenvalue weighted by molar-refractivity contribution is -0.0174. The Morgan fingerprint density at radius 1 is 1.12 bits per heavy atom. The van der Waals surface area contributed by atoms with Gasteiger partial charge in [0.15, 0.2) is 0 Å². The summed E-state index contributed by atoms with van der Waals surface area (Å²) in [7, 11) is 4.13. The molecule has 1 aliphatic rings. The number of hydrogen-bond acceptors (Lipinski definition) is 2. The van der Waals surface area contributed by atoms with Crippen LogP contribution in [-0.2, 0) is 5.60 Å². The van der Waals surface area contributed by atoms with Crippen LogP contribution in [0.5, 0.6) is 0 Å². The summed E-state index contributed by atoms with van der Waals surface area (Å²) in [5.41, 5.74) is 2.21. The fourth-order valence-electron chi connectivity index (χ4n) is 3.92. The molecule has 2 aromatic carbocycles. The van der Waals surface area contributed by atoms with Crippen LogP contribution >= 0.6 is 11.6 Å². The Balaban J connectivity index is 2.08. The van der Waals surface area contributed by atoms with Crippen molar-refractivity contribution in [3.05, 3.63) is 76.3 Å². The third-order valence-corrected chi connectivity index (χ3v) is 5.34. The highest BCUT2D eigenvalue weighted by molar-refractivity contribution is 6.30. The largest absolute Gasteiger partial charge is 0.380 e. The van der Waals surface area contributed by atoms with Gasteiger partial charge in [-0.05, 0) is 62.2 Å². The minimum absolute atomic E-state index is 0.160. The Labute approximate surface area is 155 Å². The monoisotopic (exact) mass is 355 g/mol. The number of benzene rings is 2. The van der Waals surface area contributed by atoms with E-state index in [0.717, 1.165) is 42.5 Å². The average molecular weight is 356 g/mol. The lowest BCUT2D eigenvalue weighted by atomic mass is 9.67. The van der Waals surface area contributed by atoms with Crippen LogP contribution in [0.15, 0.2) is 60.2 Å². The SMILES string of the molecule is CN(C)CC1CCC/C(=C/c2ccccc2)C1(O)c1ccc(Cl)cc1. The van der Waals surface area contributed by atoms with Crippen molar-refractivity contribution in [1.82, 2.24) is 4.90 Å². The van der Waals surface area contributed by atoms with Gasteiger partial charge in [-0.2, -0.15) is 0 Å². The summed E-state index contributed by atoms with van der Waals surface area (Å²) in [5, 5.41) is 12.6. The summed E-state index contributed by atoms with van der Waals surface area (Å²) in [4.78, 5) is 2.16. The molecule has 2 unspecified atom stereocenters. The van der Waals surface area contributed by atoms with Gasteiger partial charge in [0.05, 0.1) is 0 Å². The van der Waals surface area contributed by atoms with E-state index in [1.54, 1.807) is 0 Å².